The lowest BCUT2D eigenvalue weighted by molar-refractivity contribution is -0.138. The summed E-state index contributed by atoms with van der Waals surface area (Å²) in [5, 5.41) is 2.73. The second-order valence-electron chi connectivity index (χ2n) is 6.40. The van der Waals surface area contributed by atoms with E-state index in [1.807, 2.05) is 31.2 Å². The van der Waals surface area contributed by atoms with E-state index in [-0.39, 0.29) is 18.4 Å². The number of carbonyl (C=O) groups excluding carboxylic acids is 3. The molecule has 6 nitrogen and oxygen atoms in total. The first-order chi connectivity index (χ1) is 10.9. The molecular formula is C17H21N3O3. The number of nitrogens with zero attached hydrogens (tertiary/aromatic N) is 2. The maximum absolute atomic E-state index is 12.7. The van der Waals surface area contributed by atoms with Gasteiger partial charge in [-0.2, -0.15) is 0 Å². The van der Waals surface area contributed by atoms with Crippen LogP contribution in [0.15, 0.2) is 24.3 Å². The number of hydrogen-bond acceptors (Lipinski definition) is 3. The Labute approximate surface area is 135 Å². The molecule has 0 aliphatic carbocycles. The van der Waals surface area contributed by atoms with Crippen LogP contribution in [0.1, 0.15) is 30.9 Å². The highest BCUT2D eigenvalue weighted by atomic mass is 16.2. The fraction of sp³-hybridized carbons (Fsp3) is 0.471. The fourth-order valence-corrected chi connectivity index (χ4v) is 3.12. The summed E-state index contributed by atoms with van der Waals surface area (Å²) in [6.07, 6.45) is 1.96. The lowest BCUT2D eigenvalue weighted by atomic mass is 9.91. The third-order valence-corrected chi connectivity index (χ3v) is 4.66. The van der Waals surface area contributed by atoms with Gasteiger partial charge in [0, 0.05) is 13.1 Å². The molecule has 0 spiro atoms. The van der Waals surface area contributed by atoms with Gasteiger partial charge in [0.2, 0.25) is 5.91 Å². The van der Waals surface area contributed by atoms with Crippen LogP contribution in [0.25, 0.3) is 0 Å². The van der Waals surface area contributed by atoms with Crippen LogP contribution in [0, 0.1) is 6.92 Å². The maximum Gasteiger partial charge on any atom is 0.325 e. The van der Waals surface area contributed by atoms with Crippen LogP contribution in [0.3, 0.4) is 0 Å². The summed E-state index contributed by atoms with van der Waals surface area (Å²) in [4.78, 5) is 39.9. The van der Waals surface area contributed by atoms with Crippen molar-refractivity contribution in [1.82, 2.24) is 15.1 Å². The molecule has 6 heteroatoms. The molecule has 23 heavy (non-hydrogen) atoms. The van der Waals surface area contributed by atoms with Crippen molar-refractivity contribution in [2.24, 2.45) is 0 Å². The van der Waals surface area contributed by atoms with Crippen molar-refractivity contribution in [3.05, 3.63) is 35.4 Å². The molecule has 0 radical (unpaired) electrons. The smallest absolute Gasteiger partial charge is 0.325 e. The number of hydrogen-bond donors (Lipinski definition) is 1. The van der Waals surface area contributed by atoms with Crippen molar-refractivity contribution in [2.75, 3.05) is 19.6 Å². The van der Waals surface area contributed by atoms with Gasteiger partial charge < -0.3 is 10.2 Å². The second kappa shape index (κ2) is 5.68. The van der Waals surface area contributed by atoms with Crippen molar-refractivity contribution < 1.29 is 14.4 Å². The van der Waals surface area contributed by atoms with Crippen molar-refractivity contribution in [3.63, 3.8) is 0 Å². The molecular weight excluding hydrogens is 294 g/mol. The molecule has 2 aliphatic rings. The van der Waals surface area contributed by atoms with Gasteiger partial charge in [0.1, 0.15) is 12.1 Å². The summed E-state index contributed by atoms with van der Waals surface area (Å²) < 4.78 is 0. The highest BCUT2D eigenvalue weighted by molar-refractivity contribution is 6.09. The second-order valence-corrected chi connectivity index (χ2v) is 6.40. The molecule has 2 saturated heterocycles. The van der Waals surface area contributed by atoms with Crippen LogP contribution in [-0.2, 0) is 15.1 Å². The minimum Gasteiger partial charge on any atom is -0.341 e. The number of benzene rings is 1. The molecule has 1 aromatic rings. The monoisotopic (exact) mass is 315 g/mol. The molecule has 0 aromatic heterocycles. The Morgan fingerprint density at radius 2 is 1.78 bits per heavy atom. The van der Waals surface area contributed by atoms with Gasteiger partial charge in [-0.05, 0) is 32.3 Å². The zero-order valence-electron chi connectivity index (χ0n) is 13.5. The first kappa shape index (κ1) is 15.5. The third-order valence-electron chi connectivity index (χ3n) is 4.66. The number of likely N-dealkylation sites (tertiary alicyclic amines) is 1. The summed E-state index contributed by atoms with van der Waals surface area (Å²) in [7, 11) is 0. The Morgan fingerprint density at radius 1 is 1.17 bits per heavy atom. The number of amides is 4. The van der Waals surface area contributed by atoms with Crippen LogP contribution in [0.2, 0.25) is 0 Å². The Balaban J connectivity index is 1.79. The molecule has 2 aliphatic heterocycles. The first-order valence-corrected chi connectivity index (χ1v) is 7.91. The number of nitrogens with one attached hydrogen (secondary N) is 1. The van der Waals surface area contributed by atoms with Gasteiger partial charge in [0.25, 0.3) is 5.91 Å². The summed E-state index contributed by atoms with van der Waals surface area (Å²) >= 11 is 0. The normalized spacial score (nSPS) is 24.3. The van der Waals surface area contributed by atoms with E-state index < -0.39 is 11.6 Å². The lowest BCUT2D eigenvalue weighted by Gasteiger charge is -2.23. The highest BCUT2D eigenvalue weighted by Gasteiger charge is 2.49. The average Bonchev–Trinajstić information content (AvgIpc) is 3.12. The summed E-state index contributed by atoms with van der Waals surface area (Å²) in [6.45, 7) is 4.86. The molecule has 0 bridgehead atoms. The number of rotatable bonds is 3. The van der Waals surface area contributed by atoms with E-state index in [2.05, 4.69) is 5.32 Å². The van der Waals surface area contributed by atoms with E-state index in [9.17, 15) is 14.4 Å². The van der Waals surface area contributed by atoms with Gasteiger partial charge in [0.15, 0.2) is 0 Å². The van der Waals surface area contributed by atoms with Gasteiger partial charge in [-0.1, -0.05) is 29.8 Å². The Morgan fingerprint density at radius 3 is 2.39 bits per heavy atom. The molecule has 4 amide bonds. The number of aryl methyl sites for hydroxylation is 1. The number of imide groups is 1. The molecule has 122 valence electrons. The Bertz CT molecular complexity index is 650. The molecule has 3 rings (SSSR count). The van der Waals surface area contributed by atoms with Crippen LogP contribution >= 0.6 is 0 Å². The van der Waals surface area contributed by atoms with Crippen LogP contribution in [-0.4, -0.2) is 47.3 Å². The lowest BCUT2D eigenvalue weighted by Crippen LogP contribution is -2.43. The van der Waals surface area contributed by atoms with Gasteiger partial charge in [-0.3, -0.25) is 14.5 Å². The van der Waals surface area contributed by atoms with E-state index in [1.54, 1.807) is 11.8 Å². The Kier molecular flexibility index (Phi) is 3.83. The largest absolute Gasteiger partial charge is 0.341 e. The molecule has 0 unspecified atom stereocenters. The van der Waals surface area contributed by atoms with Crippen molar-refractivity contribution in [2.45, 2.75) is 32.2 Å². The van der Waals surface area contributed by atoms with Crippen LogP contribution in [0.5, 0.6) is 0 Å². The van der Waals surface area contributed by atoms with E-state index in [0.717, 1.165) is 28.9 Å². The third kappa shape index (κ3) is 2.69. The topological polar surface area (TPSA) is 69.7 Å². The van der Waals surface area contributed by atoms with E-state index in [4.69, 9.17) is 0 Å². The molecule has 2 heterocycles. The summed E-state index contributed by atoms with van der Waals surface area (Å²) in [5.74, 6) is -0.543. The molecule has 1 aromatic carbocycles. The molecule has 0 saturated carbocycles. The van der Waals surface area contributed by atoms with Crippen molar-refractivity contribution in [3.8, 4) is 0 Å². The van der Waals surface area contributed by atoms with Crippen LogP contribution in [0.4, 0.5) is 4.79 Å². The Hall–Kier alpha value is -2.37. The van der Waals surface area contributed by atoms with Crippen LogP contribution < -0.4 is 5.32 Å². The highest BCUT2D eigenvalue weighted by Crippen LogP contribution is 2.29. The maximum atomic E-state index is 12.7. The SMILES string of the molecule is Cc1ccc([C@]2(C)NC(=O)N(CC(=O)N3CCCC3)C2=O)cc1. The zero-order chi connectivity index (χ0) is 16.6. The van der Waals surface area contributed by atoms with Crippen molar-refractivity contribution in [1.29, 1.82) is 0 Å². The van der Waals surface area contributed by atoms with E-state index in [1.165, 1.54) is 0 Å². The van der Waals surface area contributed by atoms with E-state index in [0.29, 0.717) is 13.1 Å². The minimum atomic E-state index is -1.12. The standard InChI is InChI=1S/C17H21N3O3/c1-12-5-7-13(8-6-12)17(2)15(22)20(16(23)18-17)11-14(21)19-9-3-4-10-19/h5-8H,3-4,9-11H2,1-2H3,(H,18,23)/t17-/m0/s1. The van der Waals surface area contributed by atoms with E-state index >= 15 is 0 Å². The van der Waals surface area contributed by atoms with Gasteiger partial charge >= 0.3 is 6.03 Å². The van der Waals surface area contributed by atoms with Crippen molar-refractivity contribution >= 4 is 17.8 Å². The fourth-order valence-electron chi connectivity index (χ4n) is 3.12. The van der Waals surface area contributed by atoms with Gasteiger partial charge in [0.05, 0.1) is 0 Å². The summed E-state index contributed by atoms with van der Waals surface area (Å²) in [5.41, 5.74) is 0.684. The number of urea groups is 1. The number of carbonyl (C=O) groups is 3. The molecule has 2 fully saturated rings. The average molecular weight is 315 g/mol. The summed E-state index contributed by atoms with van der Waals surface area (Å²) in [6, 6.07) is 6.96. The zero-order valence-corrected chi connectivity index (χ0v) is 13.5. The predicted octanol–water partition coefficient (Wildman–Crippen LogP) is 1.38. The quantitative estimate of drug-likeness (QED) is 0.857. The molecule has 1 N–H and O–H groups in total. The molecule has 1 atom stereocenters. The predicted molar refractivity (Wildman–Crippen MR) is 84.6 cm³/mol. The van der Waals surface area contributed by atoms with Gasteiger partial charge in [-0.15, -0.1) is 0 Å². The minimum absolute atomic E-state index is 0.167. The van der Waals surface area contributed by atoms with Gasteiger partial charge in [-0.25, -0.2) is 4.79 Å². The first-order valence-electron chi connectivity index (χ1n) is 7.91.